The average Bonchev–Trinajstić information content (AvgIpc) is 3.02. The van der Waals surface area contributed by atoms with Gasteiger partial charge in [0.1, 0.15) is 18.1 Å². The summed E-state index contributed by atoms with van der Waals surface area (Å²) in [4.78, 5) is 0. The van der Waals surface area contributed by atoms with Crippen LogP contribution in [0.3, 0.4) is 0 Å². The molecule has 0 atom stereocenters. The standard InChI is InChI=1S/C18H17ClN2O3/c1-23-15-8-4-14(5-9-15)21-17(12-18(19)20-21)13-2-6-16(7-3-13)24-11-10-22/h2-9,12,22H,10-11H2,1H3. The molecule has 0 amide bonds. The van der Waals surface area contributed by atoms with Crippen molar-refractivity contribution in [2.45, 2.75) is 0 Å². The number of hydrogen-bond donors (Lipinski definition) is 1. The molecule has 0 saturated heterocycles. The fraction of sp³-hybridized carbons (Fsp3) is 0.167. The number of hydrogen-bond acceptors (Lipinski definition) is 4. The lowest BCUT2D eigenvalue weighted by molar-refractivity contribution is 0.201. The first-order valence-electron chi connectivity index (χ1n) is 7.45. The molecule has 3 rings (SSSR count). The molecule has 0 unspecified atom stereocenters. The van der Waals surface area contributed by atoms with Gasteiger partial charge in [-0.25, -0.2) is 4.68 Å². The molecule has 24 heavy (non-hydrogen) atoms. The van der Waals surface area contributed by atoms with Crippen LogP contribution in [0.2, 0.25) is 5.15 Å². The van der Waals surface area contributed by atoms with Gasteiger partial charge in [0.05, 0.1) is 25.1 Å². The Morgan fingerprint density at radius 2 is 1.71 bits per heavy atom. The first-order valence-corrected chi connectivity index (χ1v) is 7.83. The lowest BCUT2D eigenvalue weighted by Crippen LogP contribution is -2.01. The van der Waals surface area contributed by atoms with Gasteiger partial charge in [-0.2, -0.15) is 5.10 Å². The summed E-state index contributed by atoms with van der Waals surface area (Å²) in [6.07, 6.45) is 0. The average molecular weight is 345 g/mol. The minimum atomic E-state index is -0.0123. The van der Waals surface area contributed by atoms with Crippen molar-refractivity contribution in [3.63, 3.8) is 0 Å². The van der Waals surface area contributed by atoms with E-state index in [1.54, 1.807) is 11.8 Å². The number of rotatable bonds is 6. The maximum absolute atomic E-state index is 8.80. The number of benzene rings is 2. The molecule has 3 aromatic rings. The van der Waals surface area contributed by atoms with E-state index < -0.39 is 0 Å². The zero-order chi connectivity index (χ0) is 16.9. The summed E-state index contributed by atoms with van der Waals surface area (Å²) in [5.74, 6) is 1.48. The molecule has 0 bridgehead atoms. The highest BCUT2D eigenvalue weighted by atomic mass is 35.5. The Hall–Kier alpha value is -2.50. The molecule has 1 heterocycles. The van der Waals surface area contributed by atoms with Crippen molar-refractivity contribution in [3.8, 4) is 28.4 Å². The Labute approximate surface area is 145 Å². The monoisotopic (exact) mass is 344 g/mol. The van der Waals surface area contributed by atoms with Crippen molar-refractivity contribution in [1.29, 1.82) is 0 Å². The largest absolute Gasteiger partial charge is 0.497 e. The molecule has 0 aliphatic rings. The van der Waals surface area contributed by atoms with Crippen molar-refractivity contribution >= 4 is 11.6 Å². The molecule has 0 aliphatic heterocycles. The van der Waals surface area contributed by atoms with Gasteiger partial charge in [-0.15, -0.1) is 0 Å². The number of aromatic nitrogens is 2. The van der Waals surface area contributed by atoms with Gasteiger partial charge in [0.15, 0.2) is 5.15 Å². The fourth-order valence-electron chi connectivity index (χ4n) is 2.36. The first kappa shape index (κ1) is 16.4. The van der Waals surface area contributed by atoms with E-state index in [2.05, 4.69) is 5.10 Å². The van der Waals surface area contributed by atoms with Crippen LogP contribution in [0.4, 0.5) is 0 Å². The van der Waals surface area contributed by atoms with Gasteiger partial charge < -0.3 is 14.6 Å². The maximum atomic E-state index is 8.80. The minimum absolute atomic E-state index is 0.0123. The fourth-order valence-corrected chi connectivity index (χ4v) is 2.54. The van der Waals surface area contributed by atoms with E-state index in [0.29, 0.717) is 10.9 Å². The molecule has 0 fully saturated rings. The lowest BCUT2D eigenvalue weighted by atomic mass is 10.1. The van der Waals surface area contributed by atoms with Crippen molar-refractivity contribution in [2.24, 2.45) is 0 Å². The normalized spacial score (nSPS) is 10.6. The number of aliphatic hydroxyl groups excluding tert-OH is 1. The van der Waals surface area contributed by atoms with Gasteiger partial charge in [0.25, 0.3) is 0 Å². The van der Waals surface area contributed by atoms with Crippen LogP contribution in [-0.2, 0) is 0 Å². The molecule has 0 spiro atoms. The molecule has 0 radical (unpaired) electrons. The second-order valence-electron chi connectivity index (χ2n) is 5.06. The molecule has 6 heteroatoms. The SMILES string of the molecule is COc1ccc(-n2nc(Cl)cc2-c2ccc(OCCO)cc2)cc1. The predicted octanol–water partition coefficient (Wildman–Crippen LogP) is 3.57. The van der Waals surface area contributed by atoms with Crippen LogP contribution in [0.1, 0.15) is 0 Å². The van der Waals surface area contributed by atoms with Gasteiger partial charge in [-0.1, -0.05) is 11.6 Å². The highest BCUT2D eigenvalue weighted by molar-refractivity contribution is 6.29. The van der Waals surface area contributed by atoms with Gasteiger partial charge in [-0.05, 0) is 48.5 Å². The highest BCUT2D eigenvalue weighted by Crippen LogP contribution is 2.28. The van der Waals surface area contributed by atoms with Crippen LogP contribution in [0, 0.1) is 0 Å². The van der Waals surface area contributed by atoms with Crippen molar-refractivity contribution in [1.82, 2.24) is 9.78 Å². The van der Waals surface area contributed by atoms with E-state index in [0.717, 1.165) is 22.7 Å². The number of halogens is 1. The number of ether oxygens (including phenoxy) is 2. The van der Waals surface area contributed by atoms with Crippen molar-refractivity contribution < 1.29 is 14.6 Å². The zero-order valence-corrected chi connectivity index (χ0v) is 13.9. The third-order valence-electron chi connectivity index (χ3n) is 3.51. The van der Waals surface area contributed by atoms with Crippen LogP contribution in [0.5, 0.6) is 11.5 Å². The Balaban J connectivity index is 1.93. The summed E-state index contributed by atoms with van der Waals surface area (Å²) in [5, 5.41) is 13.6. The molecule has 5 nitrogen and oxygen atoms in total. The van der Waals surface area contributed by atoms with Gasteiger partial charge >= 0.3 is 0 Å². The first-order chi connectivity index (χ1) is 11.7. The van der Waals surface area contributed by atoms with E-state index in [-0.39, 0.29) is 13.2 Å². The number of methoxy groups -OCH3 is 1. The third-order valence-corrected chi connectivity index (χ3v) is 3.69. The minimum Gasteiger partial charge on any atom is -0.497 e. The van der Waals surface area contributed by atoms with Gasteiger partial charge in [0, 0.05) is 11.6 Å². The van der Waals surface area contributed by atoms with Gasteiger partial charge in [0.2, 0.25) is 0 Å². The topological polar surface area (TPSA) is 56.5 Å². The van der Waals surface area contributed by atoms with Crippen molar-refractivity contribution in [3.05, 3.63) is 59.8 Å². The van der Waals surface area contributed by atoms with E-state index in [1.165, 1.54) is 0 Å². The Kier molecular flexibility index (Phi) is 5.03. The quantitative estimate of drug-likeness (QED) is 0.742. The summed E-state index contributed by atoms with van der Waals surface area (Å²) >= 11 is 6.11. The summed E-state index contributed by atoms with van der Waals surface area (Å²) in [7, 11) is 1.63. The van der Waals surface area contributed by atoms with Crippen LogP contribution in [0.15, 0.2) is 54.6 Å². The van der Waals surface area contributed by atoms with Crippen LogP contribution in [0.25, 0.3) is 16.9 Å². The second-order valence-corrected chi connectivity index (χ2v) is 5.45. The molecule has 1 N–H and O–H groups in total. The third kappa shape index (κ3) is 3.53. The molecule has 0 aliphatic carbocycles. The van der Waals surface area contributed by atoms with E-state index >= 15 is 0 Å². The van der Waals surface area contributed by atoms with E-state index in [9.17, 15) is 0 Å². The molecular weight excluding hydrogens is 328 g/mol. The maximum Gasteiger partial charge on any atom is 0.152 e. The number of nitrogens with zero attached hydrogens (tertiary/aromatic N) is 2. The van der Waals surface area contributed by atoms with E-state index in [1.807, 2.05) is 54.6 Å². The predicted molar refractivity (Wildman–Crippen MR) is 93.1 cm³/mol. The van der Waals surface area contributed by atoms with Crippen molar-refractivity contribution in [2.75, 3.05) is 20.3 Å². The van der Waals surface area contributed by atoms with E-state index in [4.69, 9.17) is 26.2 Å². The van der Waals surface area contributed by atoms with Crippen LogP contribution in [-0.4, -0.2) is 35.2 Å². The molecular formula is C18H17ClN2O3. The van der Waals surface area contributed by atoms with Crippen LogP contribution >= 0.6 is 11.6 Å². The highest BCUT2D eigenvalue weighted by Gasteiger charge is 2.11. The molecule has 1 aromatic heterocycles. The Bertz CT molecular complexity index is 798. The second kappa shape index (κ2) is 7.38. The number of aliphatic hydroxyl groups is 1. The van der Waals surface area contributed by atoms with Gasteiger partial charge in [-0.3, -0.25) is 0 Å². The van der Waals surface area contributed by atoms with Crippen LogP contribution < -0.4 is 9.47 Å². The summed E-state index contributed by atoms with van der Waals surface area (Å²) < 4.78 is 12.3. The zero-order valence-electron chi connectivity index (χ0n) is 13.1. The lowest BCUT2D eigenvalue weighted by Gasteiger charge is -2.09. The Morgan fingerprint density at radius 1 is 1.04 bits per heavy atom. The Morgan fingerprint density at radius 3 is 2.33 bits per heavy atom. The molecule has 124 valence electrons. The summed E-state index contributed by atoms with van der Waals surface area (Å²) in [6.45, 7) is 0.260. The smallest absolute Gasteiger partial charge is 0.152 e. The molecule has 0 saturated carbocycles. The molecule has 2 aromatic carbocycles. The summed E-state index contributed by atoms with van der Waals surface area (Å²) in [5.41, 5.74) is 2.72. The summed E-state index contributed by atoms with van der Waals surface area (Å²) in [6, 6.07) is 17.0.